The van der Waals surface area contributed by atoms with Gasteiger partial charge in [-0.05, 0) is 38.0 Å². The zero-order valence-electron chi connectivity index (χ0n) is 10.1. The van der Waals surface area contributed by atoms with Gasteiger partial charge in [0.25, 0.3) is 0 Å². The smallest absolute Gasteiger partial charge is 0.119 e. The van der Waals surface area contributed by atoms with Crippen LogP contribution in [0.25, 0.3) is 0 Å². The van der Waals surface area contributed by atoms with Gasteiger partial charge in [0.1, 0.15) is 5.75 Å². The fraction of sp³-hybridized carbons (Fsp3) is 0.538. The molecule has 2 atom stereocenters. The van der Waals surface area contributed by atoms with Crippen LogP contribution in [0.3, 0.4) is 0 Å². The van der Waals surface area contributed by atoms with Gasteiger partial charge in [0, 0.05) is 12.1 Å². The summed E-state index contributed by atoms with van der Waals surface area (Å²) in [7, 11) is 1.70. The molecule has 0 aromatic heterocycles. The summed E-state index contributed by atoms with van der Waals surface area (Å²) >= 11 is 0. The minimum atomic E-state index is 0.370. The van der Waals surface area contributed by atoms with Gasteiger partial charge in [-0.25, -0.2) is 0 Å². The molecule has 2 heteroatoms. The van der Waals surface area contributed by atoms with Crippen LogP contribution in [0, 0.1) is 0 Å². The summed E-state index contributed by atoms with van der Waals surface area (Å²) in [5.41, 5.74) is 1.27. The average Bonchev–Trinajstić information content (AvgIpc) is 2.28. The normalized spacial score (nSPS) is 14.7. The summed E-state index contributed by atoms with van der Waals surface area (Å²) in [4.78, 5) is 0. The second-order valence-corrected chi connectivity index (χ2v) is 3.97. The largest absolute Gasteiger partial charge is 0.497 e. The molecule has 15 heavy (non-hydrogen) atoms. The molecule has 2 nitrogen and oxygen atoms in total. The van der Waals surface area contributed by atoms with E-state index in [1.807, 2.05) is 12.1 Å². The molecule has 0 aliphatic carbocycles. The van der Waals surface area contributed by atoms with Crippen molar-refractivity contribution in [3.05, 3.63) is 29.8 Å². The van der Waals surface area contributed by atoms with Crippen LogP contribution in [0.4, 0.5) is 0 Å². The van der Waals surface area contributed by atoms with Crippen LogP contribution in [0.1, 0.15) is 38.8 Å². The first-order chi connectivity index (χ1) is 7.17. The highest BCUT2D eigenvalue weighted by atomic mass is 16.5. The van der Waals surface area contributed by atoms with Crippen molar-refractivity contribution in [3.63, 3.8) is 0 Å². The van der Waals surface area contributed by atoms with Crippen molar-refractivity contribution < 1.29 is 4.74 Å². The summed E-state index contributed by atoms with van der Waals surface area (Å²) in [6.45, 7) is 6.58. The van der Waals surface area contributed by atoms with Crippen LogP contribution in [0.15, 0.2) is 24.3 Å². The lowest BCUT2D eigenvalue weighted by atomic mass is 10.1. The monoisotopic (exact) mass is 207 g/mol. The highest BCUT2D eigenvalue weighted by Crippen LogP contribution is 2.19. The molecule has 1 aromatic rings. The van der Waals surface area contributed by atoms with Crippen LogP contribution < -0.4 is 10.1 Å². The minimum Gasteiger partial charge on any atom is -0.497 e. The Kier molecular flexibility index (Phi) is 4.63. The molecule has 1 unspecified atom stereocenters. The van der Waals surface area contributed by atoms with Crippen molar-refractivity contribution in [3.8, 4) is 5.75 Å². The third-order valence-electron chi connectivity index (χ3n) is 2.74. The van der Waals surface area contributed by atoms with Gasteiger partial charge in [-0.15, -0.1) is 0 Å². The van der Waals surface area contributed by atoms with Gasteiger partial charge in [-0.2, -0.15) is 0 Å². The molecule has 0 saturated heterocycles. The maximum Gasteiger partial charge on any atom is 0.119 e. The number of methoxy groups -OCH3 is 1. The number of hydrogen-bond donors (Lipinski definition) is 1. The Balaban J connectivity index is 2.68. The first-order valence-electron chi connectivity index (χ1n) is 5.57. The lowest BCUT2D eigenvalue weighted by molar-refractivity contribution is 0.412. The summed E-state index contributed by atoms with van der Waals surface area (Å²) < 4.78 is 5.21. The standard InChI is InChI=1S/C13H21NO/c1-5-10(2)14-11(3)12-7-6-8-13(9-12)15-4/h6-11,14H,5H2,1-4H3/t10?,11-/m1/s1. The van der Waals surface area contributed by atoms with Gasteiger partial charge in [0.15, 0.2) is 0 Å². The van der Waals surface area contributed by atoms with E-state index < -0.39 is 0 Å². The number of benzene rings is 1. The van der Waals surface area contributed by atoms with E-state index in [1.54, 1.807) is 7.11 Å². The topological polar surface area (TPSA) is 21.3 Å². The first kappa shape index (κ1) is 12.1. The van der Waals surface area contributed by atoms with E-state index in [4.69, 9.17) is 4.74 Å². The van der Waals surface area contributed by atoms with E-state index in [1.165, 1.54) is 5.56 Å². The Morgan fingerprint density at radius 1 is 1.33 bits per heavy atom. The molecule has 0 bridgehead atoms. The quantitative estimate of drug-likeness (QED) is 0.801. The van der Waals surface area contributed by atoms with Crippen LogP contribution in [-0.4, -0.2) is 13.2 Å². The Morgan fingerprint density at radius 3 is 2.67 bits per heavy atom. The highest BCUT2D eigenvalue weighted by molar-refractivity contribution is 5.30. The molecule has 0 aliphatic heterocycles. The zero-order valence-corrected chi connectivity index (χ0v) is 10.1. The minimum absolute atomic E-state index is 0.370. The SMILES string of the molecule is CCC(C)N[C@H](C)c1cccc(OC)c1. The lowest BCUT2D eigenvalue weighted by Gasteiger charge is -2.19. The van der Waals surface area contributed by atoms with Crippen molar-refractivity contribution >= 4 is 0 Å². The number of nitrogens with one attached hydrogen (secondary N) is 1. The van der Waals surface area contributed by atoms with E-state index in [0.29, 0.717) is 12.1 Å². The van der Waals surface area contributed by atoms with Crippen LogP contribution in [0.5, 0.6) is 5.75 Å². The van der Waals surface area contributed by atoms with Gasteiger partial charge in [-0.3, -0.25) is 0 Å². The summed E-state index contributed by atoms with van der Waals surface area (Å²) in [6.07, 6.45) is 1.15. The fourth-order valence-electron chi connectivity index (χ4n) is 1.55. The Bertz CT molecular complexity index is 298. The molecule has 84 valence electrons. The van der Waals surface area contributed by atoms with E-state index in [-0.39, 0.29) is 0 Å². The number of ether oxygens (including phenoxy) is 1. The Hall–Kier alpha value is -1.02. The molecule has 0 fully saturated rings. The van der Waals surface area contributed by atoms with Gasteiger partial charge in [0.05, 0.1) is 7.11 Å². The van der Waals surface area contributed by atoms with Crippen molar-refractivity contribution in [1.82, 2.24) is 5.32 Å². The van der Waals surface area contributed by atoms with Crippen molar-refractivity contribution in [2.45, 2.75) is 39.3 Å². The summed E-state index contributed by atoms with van der Waals surface area (Å²) in [5, 5.41) is 3.54. The lowest BCUT2D eigenvalue weighted by Crippen LogP contribution is -2.28. The maximum absolute atomic E-state index is 5.21. The number of hydrogen-bond acceptors (Lipinski definition) is 2. The molecule has 0 radical (unpaired) electrons. The van der Waals surface area contributed by atoms with E-state index in [2.05, 4.69) is 38.2 Å². The molecular formula is C13H21NO. The first-order valence-corrected chi connectivity index (χ1v) is 5.57. The summed E-state index contributed by atoms with van der Waals surface area (Å²) in [6, 6.07) is 9.13. The van der Waals surface area contributed by atoms with Gasteiger partial charge in [-0.1, -0.05) is 19.1 Å². The van der Waals surface area contributed by atoms with Gasteiger partial charge in [0.2, 0.25) is 0 Å². The molecular weight excluding hydrogens is 186 g/mol. The highest BCUT2D eigenvalue weighted by Gasteiger charge is 2.08. The predicted molar refractivity (Wildman–Crippen MR) is 64.3 cm³/mol. The van der Waals surface area contributed by atoms with Crippen LogP contribution in [0.2, 0.25) is 0 Å². The molecule has 1 aromatic carbocycles. The maximum atomic E-state index is 5.21. The Morgan fingerprint density at radius 2 is 2.07 bits per heavy atom. The molecule has 0 spiro atoms. The molecule has 0 saturated carbocycles. The molecule has 1 N–H and O–H groups in total. The zero-order chi connectivity index (χ0) is 11.3. The van der Waals surface area contributed by atoms with Crippen LogP contribution >= 0.6 is 0 Å². The Labute approximate surface area is 92.6 Å². The third-order valence-corrected chi connectivity index (χ3v) is 2.74. The van der Waals surface area contributed by atoms with Crippen molar-refractivity contribution in [2.24, 2.45) is 0 Å². The van der Waals surface area contributed by atoms with Gasteiger partial charge < -0.3 is 10.1 Å². The fourth-order valence-corrected chi connectivity index (χ4v) is 1.55. The predicted octanol–water partition coefficient (Wildman–Crippen LogP) is 3.14. The molecule has 0 aliphatic rings. The van der Waals surface area contributed by atoms with E-state index in [0.717, 1.165) is 12.2 Å². The van der Waals surface area contributed by atoms with Crippen molar-refractivity contribution in [2.75, 3.05) is 7.11 Å². The van der Waals surface area contributed by atoms with E-state index >= 15 is 0 Å². The summed E-state index contributed by atoms with van der Waals surface area (Å²) in [5.74, 6) is 0.922. The third kappa shape index (κ3) is 3.56. The molecule has 1 rings (SSSR count). The molecule has 0 heterocycles. The number of rotatable bonds is 5. The van der Waals surface area contributed by atoms with Crippen molar-refractivity contribution in [1.29, 1.82) is 0 Å². The second kappa shape index (κ2) is 5.76. The van der Waals surface area contributed by atoms with E-state index in [9.17, 15) is 0 Å². The molecule has 0 amide bonds. The second-order valence-electron chi connectivity index (χ2n) is 3.97. The van der Waals surface area contributed by atoms with Crippen LogP contribution in [-0.2, 0) is 0 Å². The average molecular weight is 207 g/mol. The van der Waals surface area contributed by atoms with Gasteiger partial charge >= 0.3 is 0 Å².